The SMILES string of the molecule is O=C(Cc1cccc(OC(F)(F)F)c1)Nc1nnc(C2CCCC(c3nnc(NC(=O)Cc4cccc(OC(F)(F)F)c4)s3)C2)s1. The number of hydrogen-bond acceptors (Lipinski definition) is 10. The molecule has 2 amide bonds. The van der Waals surface area contributed by atoms with Crippen molar-refractivity contribution in [3.8, 4) is 11.5 Å². The summed E-state index contributed by atoms with van der Waals surface area (Å²) >= 11 is 2.43. The van der Waals surface area contributed by atoms with Gasteiger partial charge in [0, 0.05) is 11.8 Å². The van der Waals surface area contributed by atoms with Gasteiger partial charge in [-0.2, -0.15) is 0 Å². The summed E-state index contributed by atoms with van der Waals surface area (Å²) in [6.07, 6.45) is -6.84. The van der Waals surface area contributed by atoms with Crippen molar-refractivity contribution >= 4 is 44.8 Å². The van der Waals surface area contributed by atoms with E-state index in [9.17, 15) is 35.9 Å². The summed E-state index contributed by atoms with van der Waals surface area (Å²) in [5.41, 5.74) is 0.660. The summed E-state index contributed by atoms with van der Waals surface area (Å²) in [5.74, 6) is -1.72. The zero-order chi connectivity index (χ0) is 32.9. The fraction of sp³-hybridized carbons (Fsp3) is 0.357. The van der Waals surface area contributed by atoms with E-state index in [1.807, 2.05) is 0 Å². The van der Waals surface area contributed by atoms with E-state index in [0.717, 1.165) is 53.5 Å². The van der Waals surface area contributed by atoms with Gasteiger partial charge < -0.3 is 20.1 Å². The summed E-state index contributed by atoms with van der Waals surface area (Å²) in [7, 11) is 0. The van der Waals surface area contributed by atoms with Crippen LogP contribution in [-0.4, -0.2) is 44.9 Å². The van der Waals surface area contributed by atoms with E-state index >= 15 is 0 Å². The summed E-state index contributed by atoms with van der Waals surface area (Å²) < 4.78 is 82.8. The van der Waals surface area contributed by atoms with Crippen LogP contribution in [0.25, 0.3) is 0 Å². The fourth-order valence-electron chi connectivity index (χ4n) is 4.94. The second-order valence-electron chi connectivity index (χ2n) is 10.3. The molecule has 2 aromatic carbocycles. The Hall–Kier alpha value is -4.32. The first-order valence-corrected chi connectivity index (χ1v) is 15.4. The first kappa shape index (κ1) is 33.1. The van der Waals surface area contributed by atoms with Crippen molar-refractivity contribution in [2.45, 2.75) is 63.1 Å². The van der Waals surface area contributed by atoms with Crippen molar-refractivity contribution in [2.75, 3.05) is 10.6 Å². The van der Waals surface area contributed by atoms with Gasteiger partial charge in [0.15, 0.2) is 0 Å². The first-order valence-electron chi connectivity index (χ1n) is 13.7. The van der Waals surface area contributed by atoms with E-state index in [1.54, 1.807) is 0 Å². The molecular weight excluding hydrogens is 662 g/mol. The van der Waals surface area contributed by atoms with Gasteiger partial charge in [0.2, 0.25) is 22.1 Å². The number of halogens is 6. The van der Waals surface area contributed by atoms with Gasteiger partial charge in [0.25, 0.3) is 0 Å². The third-order valence-electron chi connectivity index (χ3n) is 6.74. The van der Waals surface area contributed by atoms with E-state index in [-0.39, 0.29) is 34.9 Å². The maximum absolute atomic E-state index is 12.5. The monoisotopic (exact) mass is 686 g/mol. The lowest BCUT2D eigenvalue weighted by Crippen LogP contribution is -2.18. The average molecular weight is 687 g/mol. The first-order chi connectivity index (χ1) is 21.8. The molecule has 2 atom stereocenters. The van der Waals surface area contributed by atoms with Gasteiger partial charge in [-0.1, -0.05) is 53.4 Å². The highest BCUT2D eigenvalue weighted by atomic mass is 32.1. The number of nitrogens with zero attached hydrogens (tertiary/aromatic N) is 4. The lowest BCUT2D eigenvalue weighted by molar-refractivity contribution is -0.275. The molecule has 1 saturated carbocycles. The molecule has 2 N–H and O–H groups in total. The van der Waals surface area contributed by atoms with Gasteiger partial charge in [-0.25, -0.2) is 0 Å². The summed E-state index contributed by atoms with van der Waals surface area (Å²) in [6, 6.07) is 10.3. The zero-order valence-electron chi connectivity index (χ0n) is 23.5. The van der Waals surface area contributed by atoms with Gasteiger partial charge in [-0.3, -0.25) is 9.59 Å². The lowest BCUT2D eigenvalue weighted by atomic mass is 9.82. The van der Waals surface area contributed by atoms with E-state index in [4.69, 9.17) is 0 Å². The van der Waals surface area contributed by atoms with Crippen LogP contribution in [0, 0.1) is 0 Å². The minimum Gasteiger partial charge on any atom is -0.406 e. The van der Waals surface area contributed by atoms with Gasteiger partial charge in [0.05, 0.1) is 12.8 Å². The number of anilines is 2. The summed E-state index contributed by atoms with van der Waals surface area (Å²) in [6.45, 7) is 0. The molecule has 1 aliphatic carbocycles. The van der Waals surface area contributed by atoms with Gasteiger partial charge in [-0.05, 0) is 54.7 Å². The zero-order valence-corrected chi connectivity index (χ0v) is 25.2. The molecule has 0 saturated heterocycles. The molecule has 1 fully saturated rings. The molecule has 10 nitrogen and oxygen atoms in total. The van der Waals surface area contributed by atoms with Crippen molar-refractivity contribution in [1.82, 2.24) is 20.4 Å². The number of alkyl halides is 6. The van der Waals surface area contributed by atoms with E-state index in [2.05, 4.69) is 40.5 Å². The highest BCUT2D eigenvalue weighted by Crippen LogP contribution is 2.43. The predicted octanol–water partition coefficient (Wildman–Crippen LogP) is 6.99. The minimum absolute atomic E-state index is 0.0336. The van der Waals surface area contributed by atoms with Crippen LogP contribution in [0.1, 0.15) is 58.7 Å². The Morgan fingerprint density at radius 1 is 0.717 bits per heavy atom. The third kappa shape index (κ3) is 9.84. The van der Waals surface area contributed by atoms with Crippen LogP contribution in [0.4, 0.5) is 36.6 Å². The van der Waals surface area contributed by atoms with Gasteiger partial charge in [-0.15, -0.1) is 46.7 Å². The molecule has 1 aliphatic rings. The van der Waals surface area contributed by atoms with Crippen LogP contribution in [-0.2, 0) is 22.4 Å². The normalized spacial score (nSPS) is 16.9. The molecule has 4 aromatic rings. The molecular formula is C28H24F6N6O4S2. The van der Waals surface area contributed by atoms with Crippen molar-refractivity contribution < 1.29 is 45.4 Å². The van der Waals surface area contributed by atoms with Gasteiger partial charge >= 0.3 is 12.7 Å². The Morgan fingerprint density at radius 3 is 1.57 bits per heavy atom. The second kappa shape index (κ2) is 14.0. The van der Waals surface area contributed by atoms with Gasteiger partial charge in [0.1, 0.15) is 21.5 Å². The number of carbonyl (C=O) groups is 2. The van der Waals surface area contributed by atoms with Crippen LogP contribution in [0.15, 0.2) is 48.5 Å². The largest absolute Gasteiger partial charge is 0.573 e. The minimum atomic E-state index is -4.84. The maximum Gasteiger partial charge on any atom is 0.573 e. The Bertz CT molecular complexity index is 1560. The maximum atomic E-state index is 12.5. The number of carbonyl (C=O) groups excluding carboxylic acids is 2. The van der Waals surface area contributed by atoms with Crippen molar-refractivity contribution in [1.29, 1.82) is 0 Å². The number of amides is 2. The number of ether oxygens (including phenoxy) is 2. The standard InChI is InChI=1S/C28H24F6N6O4S2/c29-27(30,31)43-19-8-1-4-15(10-19)12-21(41)35-25-39-37-23(45-25)17-6-3-7-18(14-17)24-38-40-26(46-24)36-22(42)13-16-5-2-9-20(11-16)44-28(32,33)34/h1-2,4-5,8-11,17-18H,3,6-7,12-14H2,(H,35,39,41)(H,36,40,42). The molecule has 0 bridgehead atoms. The Kier molecular flexibility index (Phi) is 10.0. The summed E-state index contributed by atoms with van der Waals surface area (Å²) in [5, 5.41) is 23.8. The molecule has 0 spiro atoms. The van der Waals surface area contributed by atoms with Crippen molar-refractivity contribution in [3.63, 3.8) is 0 Å². The Balaban J connectivity index is 1.13. The number of hydrogen-bond donors (Lipinski definition) is 2. The molecule has 46 heavy (non-hydrogen) atoms. The molecule has 2 unspecified atom stereocenters. The van der Waals surface area contributed by atoms with E-state index in [1.165, 1.54) is 46.9 Å². The molecule has 0 radical (unpaired) electrons. The number of rotatable bonds is 10. The number of nitrogens with one attached hydrogen (secondary N) is 2. The molecule has 5 rings (SSSR count). The van der Waals surface area contributed by atoms with Crippen molar-refractivity contribution in [3.05, 3.63) is 69.7 Å². The summed E-state index contributed by atoms with van der Waals surface area (Å²) in [4.78, 5) is 25.0. The quantitative estimate of drug-likeness (QED) is 0.171. The highest BCUT2D eigenvalue weighted by molar-refractivity contribution is 7.15. The molecule has 2 heterocycles. The second-order valence-corrected chi connectivity index (χ2v) is 12.3. The molecule has 2 aromatic heterocycles. The van der Waals surface area contributed by atoms with Crippen molar-refractivity contribution in [2.24, 2.45) is 0 Å². The van der Waals surface area contributed by atoms with Crippen LogP contribution in [0.5, 0.6) is 11.5 Å². The molecule has 244 valence electrons. The molecule has 18 heteroatoms. The Morgan fingerprint density at radius 2 is 1.15 bits per heavy atom. The van der Waals surface area contributed by atoms with E-state index < -0.39 is 36.0 Å². The lowest BCUT2D eigenvalue weighted by Gasteiger charge is -2.25. The number of aromatic nitrogens is 4. The Labute approximate surface area is 265 Å². The van der Waals surface area contributed by atoms with Crippen LogP contribution < -0.4 is 20.1 Å². The van der Waals surface area contributed by atoms with Crippen LogP contribution >= 0.6 is 22.7 Å². The third-order valence-corrected chi connectivity index (χ3v) is 8.74. The highest BCUT2D eigenvalue weighted by Gasteiger charge is 2.32. The van der Waals surface area contributed by atoms with E-state index in [0.29, 0.717) is 17.5 Å². The smallest absolute Gasteiger partial charge is 0.406 e. The average Bonchev–Trinajstić information content (AvgIpc) is 3.61. The number of benzene rings is 2. The fourth-order valence-corrected chi connectivity index (χ4v) is 6.76. The molecule has 0 aliphatic heterocycles. The predicted molar refractivity (Wildman–Crippen MR) is 155 cm³/mol. The van der Waals surface area contributed by atoms with Crippen LogP contribution in [0.2, 0.25) is 0 Å². The topological polar surface area (TPSA) is 128 Å². The van der Waals surface area contributed by atoms with Crippen LogP contribution in [0.3, 0.4) is 0 Å².